The Kier molecular flexibility index (Phi) is 2.83. The summed E-state index contributed by atoms with van der Waals surface area (Å²) in [7, 11) is 0. The van der Waals surface area contributed by atoms with Crippen LogP contribution in [-0.2, 0) is 0 Å². The second-order valence-corrected chi connectivity index (χ2v) is 3.24. The van der Waals surface area contributed by atoms with Crippen molar-refractivity contribution < 1.29 is 9.13 Å². The summed E-state index contributed by atoms with van der Waals surface area (Å²) in [6.45, 7) is 0. The van der Waals surface area contributed by atoms with Crippen molar-refractivity contribution in [2.45, 2.75) is 0 Å². The van der Waals surface area contributed by atoms with E-state index in [1.54, 1.807) is 30.3 Å². The molecule has 76 valence electrons. The van der Waals surface area contributed by atoms with Crippen LogP contribution in [0, 0.1) is 5.82 Å². The predicted octanol–water partition coefficient (Wildman–Crippen LogP) is 3.67. The van der Waals surface area contributed by atoms with Crippen molar-refractivity contribution in [3.05, 3.63) is 53.6 Å². The second-order valence-electron chi connectivity index (χ2n) is 2.85. The van der Waals surface area contributed by atoms with Crippen molar-refractivity contribution in [2.75, 3.05) is 0 Å². The molecule has 0 bridgehead atoms. The molecule has 2 nitrogen and oxygen atoms in total. The first-order valence-electron chi connectivity index (χ1n) is 4.29. The fourth-order valence-corrected chi connectivity index (χ4v) is 1.19. The van der Waals surface area contributed by atoms with Crippen LogP contribution < -0.4 is 4.74 Å². The molecule has 0 saturated carbocycles. The number of benzene rings is 1. The normalized spacial score (nSPS) is 10.0. The number of ether oxygens (including phenoxy) is 1. The molecule has 2 rings (SSSR count). The van der Waals surface area contributed by atoms with Crippen molar-refractivity contribution in [3.63, 3.8) is 0 Å². The van der Waals surface area contributed by atoms with Crippen LogP contribution >= 0.6 is 11.6 Å². The number of hydrogen-bond acceptors (Lipinski definition) is 2. The summed E-state index contributed by atoms with van der Waals surface area (Å²) in [5, 5.41) is 0.371. The molecule has 1 aromatic carbocycles. The molecule has 15 heavy (non-hydrogen) atoms. The molecule has 0 fully saturated rings. The lowest BCUT2D eigenvalue weighted by atomic mass is 10.3. The average Bonchev–Trinajstić information content (AvgIpc) is 2.25. The van der Waals surface area contributed by atoms with E-state index in [4.69, 9.17) is 16.3 Å². The van der Waals surface area contributed by atoms with Gasteiger partial charge in [0.15, 0.2) is 11.6 Å². The van der Waals surface area contributed by atoms with Gasteiger partial charge in [0.25, 0.3) is 0 Å². The maximum atomic E-state index is 13.2. The maximum Gasteiger partial charge on any atom is 0.165 e. The van der Waals surface area contributed by atoms with Crippen LogP contribution in [0.2, 0.25) is 5.15 Å². The van der Waals surface area contributed by atoms with Crippen LogP contribution in [0.15, 0.2) is 42.6 Å². The standard InChI is InChI=1S/C11H7ClFNO/c12-11-6-5-8(7-14-11)15-10-4-2-1-3-9(10)13/h1-7H. The van der Waals surface area contributed by atoms with E-state index in [2.05, 4.69) is 4.98 Å². The summed E-state index contributed by atoms with van der Waals surface area (Å²) in [6, 6.07) is 9.38. The molecular weight excluding hydrogens is 217 g/mol. The minimum atomic E-state index is -0.410. The van der Waals surface area contributed by atoms with E-state index in [0.29, 0.717) is 10.9 Å². The van der Waals surface area contributed by atoms with Crippen molar-refractivity contribution >= 4 is 11.6 Å². The van der Waals surface area contributed by atoms with Gasteiger partial charge in [0.2, 0.25) is 0 Å². The molecule has 1 heterocycles. The predicted molar refractivity (Wildman–Crippen MR) is 55.7 cm³/mol. The minimum Gasteiger partial charge on any atom is -0.453 e. The van der Waals surface area contributed by atoms with Crippen LogP contribution in [0.25, 0.3) is 0 Å². The minimum absolute atomic E-state index is 0.168. The Morgan fingerprint density at radius 2 is 1.93 bits per heavy atom. The van der Waals surface area contributed by atoms with Crippen LogP contribution in [-0.4, -0.2) is 4.98 Å². The zero-order valence-corrected chi connectivity index (χ0v) is 8.41. The zero-order chi connectivity index (χ0) is 10.7. The number of nitrogens with zero attached hydrogens (tertiary/aromatic N) is 1. The summed E-state index contributed by atoms with van der Waals surface area (Å²) in [5.41, 5.74) is 0. The van der Waals surface area contributed by atoms with E-state index in [1.165, 1.54) is 12.3 Å². The molecule has 0 unspecified atom stereocenters. The highest BCUT2D eigenvalue weighted by molar-refractivity contribution is 6.29. The van der Waals surface area contributed by atoms with Gasteiger partial charge in [0, 0.05) is 0 Å². The third-order valence-electron chi connectivity index (χ3n) is 1.76. The number of rotatable bonds is 2. The first kappa shape index (κ1) is 9.93. The zero-order valence-electron chi connectivity index (χ0n) is 7.65. The number of pyridine rings is 1. The maximum absolute atomic E-state index is 13.2. The third-order valence-corrected chi connectivity index (χ3v) is 1.99. The topological polar surface area (TPSA) is 22.1 Å². The van der Waals surface area contributed by atoms with Crippen molar-refractivity contribution in [1.29, 1.82) is 0 Å². The van der Waals surface area contributed by atoms with Gasteiger partial charge in [0.1, 0.15) is 10.9 Å². The van der Waals surface area contributed by atoms with Gasteiger partial charge in [-0.25, -0.2) is 9.37 Å². The van der Waals surface area contributed by atoms with Gasteiger partial charge in [-0.1, -0.05) is 23.7 Å². The Hall–Kier alpha value is -1.61. The average molecular weight is 224 g/mol. The van der Waals surface area contributed by atoms with Crippen molar-refractivity contribution in [2.24, 2.45) is 0 Å². The molecular formula is C11H7ClFNO. The largest absolute Gasteiger partial charge is 0.453 e. The van der Waals surface area contributed by atoms with E-state index in [9.17, 15) is 4.39 Å². The lowest BCUT2D eigenvalue weighted by Crippen LogP contribution is -1.88. The highest BCUT2D eigenvalue weighted by Crippen LogP contribution is 2.23. The smallest absolute Gasteiger partial charge is 0.165 e. The Morgan fingerprint density at radius 3 is 2.60 bits per heavy atom. The fraction of sp³-hybridized carbons (Fsp3) is 0. The molecule has 0 radical (unpaired) electrons. The fourth-order valence-electron chi connectivity index (χ4n) is 1.08. The summed E-state index contributed by atoms with van der Waals surface area (Å²) in [4.78, 5) is 3.82. The molecule has 0 atom stereocenters. The van der Waals surface area contributed by atoms with Crippen molar-refractivity contribution in [3.8, 4) is 11.5 Å². The monoisotopic (exact) mass is 223 g/mol. The number of para-hydroxylation sites is 1. The van der Waals surface area contributed by atoms with Crippen LogP contribution in [0.1, 0.15) is 0 Å². The molecule has 0 saturated heterocycles. The Morgan fingerprint density at radius 1 is 1.13 bits per heavy atom. The lowest BCUT2D eigenvalue weighted by molar-refractivity contribution is 0.440. The van der Waals surface area contributed by atoms with Crippen LogP contribution in [0.3, 0.4) is 0 Å². The highest BCUT2D eigenvalue weighted by atomic mass is 35.5. The molecule has 1 aromatic heterocycles. The molecule has 2 aromatic rings. The van der Waals surface area contributed by atoms with E-state index >= 15 is 0 Å². The Labute approximate surface area is 91.3 Å². The number of halogens is 2. The lowest BCUT2D eigenvalue weighted by Gasteiger charge is -2.05. The molecule has 0 spiro atoms. The van der Waals surface area contributed by atoms with E-state index in [1.807, 2.05) is 0 Å². The van der Waals surface area contributed by atoms with Crippen LogP contribution in [0.5, 0.6) is 11.5 Å². The molecule has 0 aliphatic rings. The third kappa shape index (κ3) is 2.44. The summed E-state index contributed by atoms with van der Waals surface area (Å²) in [6.07, 6.45) is 1.44. The summed E-state index contributed by atoms with van der Waals surface area (Å²) < 4.78 is 18.5. The van der Waals surface area contributed by atoms with E-state index in [0.717, 1.165) is 0 Å². The van der Waals surface area contributed by atoms with Gasteiger partial charge >= 0.3 is 0 Å². The molecule has 0 amide bonds. The quantitative estimate of drug-likeness (QED) is 0.725. The first-order chi connectivity index (χ1) is 7.25. The van der Waals surface area contributed by atoms with E-state index in [-0.39, 0.29) is 5.75 Å². The highest BCUT2D eigenvalue weighted by Gasteiger charge is 2.02. The molecule has 0 aliphatic heterocycles. The van der Waals surface area contributed by atoms with Crippen molar-refractivity contribution in [1.82, 2.24) is 4.98 Å². The summed E-state index contributed by atoms with van der Waals surface area (Å²) >= 11 is 5.61. The molecule has 4 heteroatoms. The van der Waals surface area contributed by atoms with Gasteiger partial charge in [-0.15, -0.1) is 0 Å². The van der Waals surface area contributed by atoms with Gasteiger partial charge < -0.3 is 4.74 Å². The Bertz CT molecular complexity index is 458. The SMILES string of the molecule is Fc1ccccc1Oc1ccc(Cl)nc1. The molecule has 0 N–H and O–H groups in total. The second kappa shape index (κ2) is 4.28. The first-order valence-corrected chi connectivity index (χ1v) is 4.67. The number of hydrogen-bond donors (Lipinski definition) is 0. The molecule has 0 aliphatic carbocycles. The van der Waals surface area contributed by atoms with E-state index < -0.39 is 5.82 Å². The van der Waals surface area contributed by atoms with Gasteiger partial charge in [-0.3, -0.25) is 0 Å². The van der Waals surface area contributed by atoms with Gasteiger partial charge in [-0.2, -0.15) is 0 Å². The van der Waals surface area contributed by atoms with Gasteiger partial charge in [-0.05, 0) is 24.3 Å². The number of aromatic nitrogens is 1. The van der Waals surface area contributed by atoms with Gasteiger partial charge in [0.05, 0.1) is 6.20 Å². The Balaban J connectivity index is 2.22. The summed E-state index contributed by atoms with van der Waals surface area (Å²) in [5.74, 6) is 0.207. The van der Waals surface area contributed by atoms with Crippen LogP contribution in [0.4, 0.5) is 4.39 Å².